The second-order valence-electron chi connectivity index (χ2n) is 7.35. The summed E-state index contributed by atoms with van der Waals surface area (Å²) < 4.78 is 5.45. The summed E-state index contributed by atoms with van der Waals surface area (Å²) in [6.45, 7) is 5.23. The lowest BCUT2D eigenvalue weighted by Gasteiger charge is -2.22. The zero-order valence-electron chi connectivity index (χ0n) is 17.2. The average molecular weight is 395 g/mol. The van der Waals surface area contributed by atoms with E-state index in [2.05, 4.69) is 12.1 Å². The van der Waals surface area contributed by atoms with Crippen LogP contribution in [0, 0.1) is 0 Å². The molecule has 1 aliphatic rings. The summed E-state index contributed by atoms with van der Waals surface area (Å²) in [6.07, 6.45) is 2.49. The van der Waals surface area contributed by atoms with E-state index in [1.807, 2.05) is 59.2 Å². The molecule has 2 aromatic rings. The lowest BCUT2D eigenvalue weighted by atomic mass is 10.1. The summed E-state index contributed by atoms with van der Waals surface area (Å²) in [4.78, 5) is 29.1. The normalized spacial score (nSPS) is 14.4. The third-order valence-corrected chi connectivity index (χ3v) is 5.26. The molecule has 1 saturated heterocycles. The van der Waals surface area contributed by atoms with Gasteiger partial charge in [0.25, 0.3) is 0 Å². The molecule has 0 aliphatic carbocycles. The minimum Gasteiger partial charge on any atom is -0.494 e. The van der Waals surface area contributed by atoms with Gasteiger partial charge in [-0.2, -0.15) is 0 Å². The molecule has 5 nitrogen and oxygen atoms in total. The molecule has 5 heteroatoms. The molecule has 0 radical (unpaired) electrons. The largest absolute Gasteiger partial charge is 0.494 e. The number of carbonyl (C=O) groups is 2. The van der Waals surface area contributed by atoms with Crippen LogP contribution in [0.4, 0.5) is 0 Å². The van der Waals surface area contributed by atoms with Crippen LogP contribution in [0.3, 0.4) is 0 Å². The van der Waals surface area contributed by atoms with Gasteiger partial charge in [-0.15, -0.1) is 0 Å². The maximum Gasteiger partial charge on any atom is 0.227 e. The van der Waals surface area contributed by atoms with Gasteiger partial charge in [-0.05, 0) is 43.0 Å². The van der Waals surface area contributed by atoms with Gasteiger partial charge in [0.2, 0.25) is 11.8 Å². The van der Waals surface area contributed by atoms with E-state index in [0.717, 1.165) is 30.7 Å². The molecule has 1 aliphatic heterocycles. The fourth-order valence-electron chi connectivity index (χ4n) is 3.63. The summed E-state index contributed by atoms with van der Waals surface area (Å²) >= 11 is 0. The van der Waals surface area contributed by atoms with Crippen LogP contribution in [-0.2, 0) is 22.4 Å². The summed E-state index contributed by atoms with van der Waals surface area (Å²) in [5.74, 6) is 1.12. The Bertz CT molecular complexity index is 790. The van der Waals surface area contributed by atoms with E-state index < -0.39 is 0 Å². The molecule has 0 saturated carbocycles. The standard InChI is InChI=1S/C24H30N2O3/c1-2-29-22-12-9-21(10-13-22)19-24(28)26-16-6-15-25(17-18-26)23(27)14-11-20-7-4-3-5-8-20/h3-5,7-10,12-13H,2,6,11,14-19H2,1H3. The number of aryl methyl sites for hydroxylation is 1. The molecule has 0 N–H and O–H groups in total. The highest BCUT2D eigenvalue weighted by Gasteiger charge is 2.22. The third-order valence-electron chi connectivity index (χ3n) is 5.26. The maximum absolute atomic E-state index is 12.7. The van der Waals surface area contributed by atoms with Crippen LogP contribution in [0.5, 0.6) is 5.75 Å². The van der Waals surface area contributed by atoms with E-state index in [9.17, 15) is 9.59 Å². The Morgan fingerprint density at radius 1 is 0.828 bits per heavy atom. The Kier molecular flexibility index (Phi) is 7.68. The highest BCUT2D eigenvalue weighted by molar-refractivity contribution is 5.79. The van der Waals surface area contributed by atoms with E-state index in [0.29, 0.717) is 39.1 Å². The molecule has 154 valence electrons. The molecular formula is C24H30N2O3. The first-order chi connectivity index (χ1) is 14.2. The lowest BCUT2D eigenvalue weighted by Crippen LogP contribution is -2.38. The Hall–Kier alpha value is -2.82. The predicted molar refractivity (Wildman–Crippen MR) is 114 cm³/mol. The monoisotopic (exact) mass is 394 g/mol. The minimum absolute atomic E-state index is 0.118. The summed E-state index contributed by atoms with van der Waals surface area (Å²) in [7, 11) is 0. The smallest absolute Gasteiger partial charge is 0.227 e. The lowest BCUT2D eigenvalue weighted by molar-refractivity contribution is -0.133. The fourth-order valence-corrected chi connectivity index (χ4v) is 3.63. The first-order valence-electron chi connectivity index (χ1n) is 10.5. The van der Waals surface area contributed by atoms with Crippen LogP contribution in [0.15, 0.2) is 54.6 Å². The van der Waals surface area contributed by atoms with Crippen LogP contribution in [0.25, 0.3) is 0 Å². The van der Waals surface area contributed by atoms with Crippen LogP contribution in [0.1, 0.15) is 30.9 Å². The Morgan fingerprint density at radius 3 is 2.14 bits per heavy atom. The zero-order valence-corrected chi connectivity index (χ0v) is 17.2. The van der Waals surface area contributed by atoms with Crippen LogP contribution in [-0.4, -0.2) is 54.4 Å². The van der Waals surface area contributed by atoms with Crippen molar-refractivity contribution in [3.8, 4) is 5.75 Å². The van der Waals surface area contributed by atoms with Crippen molar-refractivity contribution in [1.82, 2.24) is 9.80 Å². The Balaban J connectivity index is 1.47. The zero-order chi connectivity index (χ0) is 20.5. The van der Waals surface area contributed by atoms with Crippen molar-refractivity contribution in [3.05, 3.63) is 65.7 Å². The van der Waals surface area contributed by atoms with Gasteiger partial charge in [-0.25, -0.2) is 0 Å². The van der Waals surface area contributed by atoms with Crippen molar-refractivity contribution >= 4 is 11.8 Å². The van der Waals surface area contributed by atoms with E-state index in [1.165, 1.54) is 5.56 Å². The number of nitrogens with zero attached hydrogens (tertiary/aromatic N) is 2. The molecular weight excluding hydrogens is 364 g/mol. The van der Waals surface area contributed by atoms with Crippen molar-refractivity contribution in [2.75, 3.05) is 32.8 Å². The van der Waals surface area contributed by atoms with Crippen molar-refractivity contribution in [2.24, 2.45) is 0 Å². The van der Waals surface area contributed by atoms with Gasteiger partial charge >= 0.3 is 0 Å². The summed E-state index contributed by atoms with van der Waals surface area (Å²) in [5.41, 5.74) is 2.17. The molecule has 1 fully saturated rings. The van der Waals surface area contributed by atoms with Gasteiger partial charge in [0.1, 0.15) is 5.75 Å². The van der Waals surface area contributed by atoms with Gasteiger partial charge in [0, 0.05) is 32.6 Å². The van der Waals surface area contributed by atoms with Gasteiger partial charge in [0.15, 0.2) is 0 Å². The number of hydrogen-bond donors (Lipinski definition) is 0. The van der Waals surface area contributed by atoms with E-state index in [1.54, 1.807) is 0 Å². The van der Waals surface area contributed by atoms with Gasteiger partial charge < -0.3 is 14.5 Å². The van der Waals surface area contributed by atoms with Crippen LogP contribution < -0.4 is 4.74 Å². The molecule has 0 aromatic heterocycles. The number of benzene rings is 2. The Labute approximate surface area is 173 Å². The van der Waals surface area contributed by atoms with Gasteiger partial charge in [-0.1, -0.05) is 42.5 Å². The second-order valence-corrected chi connectivity index (χ2v) is 7.35. The fraction of sp³-hybridized carbons (Fsp3) is 0.417. The highest BCUT2D eigenvalue weighted by atomic mass is 16.5. The van der Waals surface area contributed by atoms with Crippen molar-refractivity contribution in [2.45, 2.75) is 32.6 Å². The van der Waals surface area contributed by atoms with Crippen LogP contribution in [0.2, 0.25) is 0 Å². The van der Waals surface area contributed by atoms with E-state index in [-0.39, 0.29) is 11.8 Å². The highest BCUT2D eigenvalue weighted by Crippen LogP contribution is 2.14. The van der Waals surface area contributed by atoms with E-state index in [4.69, 9.17) is 4.74 Å². The molecule has 3 rings (SSSR count). The molecule has 29 heavy (non-hydrogen) atoms. The third kappa shape index (κ3) is 6.34. The quantitative estimate of drug-likeness (QED) is 0.724. The maximum atomic E-state index is 12.7. The Morgan fingerprint density at radius 2 is 1.48 bits per heavy atom. The number of hydrogen-bond acceptors (Lipinski definition) is 3. The van der Waals surface area contributed by atoms with E-state index >= 15 is 0 Å². The first kappa shape index (κ1) is 20.9. The predicted octanol–water partition coefficient (Wildman–Crippen LogP) is 3.32. The number of ether oxygens (including phenoxy) is 1. The molecule has 2 amide bonds. The SMILES string of the molecule is CCOc1ccc(CC(=O)N2CCCN(C(=O)CCc3ccccc3)CC2)cc1. The van der Waals surface area contributed by atoms with Crippen molar-refractivity contribution in [1.29, 1.82) is 0 Å². The minimum atomic E-state index is 0.118. The van der Waals surface area contributed by atoms with Crippen LogP contribution >= 0.6 is 0 Å². The molecule has 0 unspecified atom stereocenters. The molecule has 2 aromatic carbocycles. The van der Waals surface area contributed by atoms with Crippen molar-refractivity contribution < 1.29 is 14.3 Å². The number of carbonyl (C=O) groups excluding carboxylic acids is 2. The first-order valence-corrected chi connectivity index (χ1v) is 10.5. The summed E-state index contributed by atoms with van der Waals surface area (Å²) in [6, 6.07) is 17.8. The molecule has 0 bridgehead atoms. The topological polar surface area (TPSA) is 49.9 Å². The average Bonchev–Trinajstić information content (AvgIpc) is 3.01. The number of amides is 2. The summed E-state index contributed by atoms with van der Waals surface area (Å²) in [5, 5.41) is 0. The van der Waals surface area contributed by atoms with Gasteiger partial charge in [0.05, 0.1) is 13.0 Å². The number of rotatable bonds is 7. The molecule has 0 atom stereocenters. The molecule has 1 heterocycles. The molecule has 0 spiro atoms. The van der Waals surface area contributed by atoms with Gasteiger partial charge in [-0.3, -0.25) is 9.59 Å². The van der Waals surface area contributed by atoms with Crippen molar-refractivity contribution in [3.63, 3.8) is 0 Å². The second kappa shape index (κ2) is 10.6.